The van der Waals surface area contributed by atoms with Gasteiger partial charge in [-0.15, -0.1) is 10.2 Å². The molecule has 2 heterocycles. The first-order valence-corrected chi connectivity index (χ1v) is 13.7. The van der Waals surface area contributed by atoms with Crippen LogP contribution in [0.1, 0.15) is 60.7 Å². The van der Waals surface area contributed by atoms with Gasteiger partial charge < -0.3 is 8.98 Å². The van der Waals surface area contributed by atoms with Gasteiger partial charge in [0.25, 0.3) is 0 Å². The van der Waals surface area contributed by atoms with Crippen molar-refractivity contribution in [2.45, 2.75) is 62.4 Å². The summed E-state index contributed by atoms with van der Waals surface area (Å²) in [7, 11) is 0. The molecule has 36 heavy (non-hydrogen) atoms. The molecule has 6 rings (SSSR count). The van der Waals surface area contributed by atoms with Crippen LogP contribution >= 0.6 is 11.8 Å². The van der Waals surface area contributed by atoms with Crippen molar-refractivity contribution in [1.29, 1.82) is 0 Å². The molecule has 0 aliphatic heterocycles. The van der Waals surface area contributed by atoms with E-state index in [0.717, 1.165) is 46.8 Å². The maximum atomic E-state index is 12.2. The summed E-state index contributed by atoms with van der Waals surface area (Å²) >= 11 is 1.67. The first kappa shape index (κ1) is 23.0. The molecule has 0 amide bonds. The minimum atomic E-state index is -0.311. The Kier molecular flexibility index (Phi) is 6.36. The minimum Gasteiger partial charge on any atom is -0.423 e. The molecule has 5 aromatic rings. The van der Waals surface area contributed by atoms with Crippen molar-refractivity contribution >= 4 is 33.5 Å². The molecule has 6 heteroatoms. The highest BCUT2D eigenvalue weighted by molar-refractivity contribution is 7.98. The fraction of sp³-hybridized carbons (Fsp3) is 0.300. The second kappa shape index (κ2) is 9.94. The summed E-state index contributed by atoms with van der Waals surface area (Å²) in [4.78, 5) is 12.2. The summed E-state index contributed by atoms with van der Waals surface area (Å²) in [5.41, 5.74) is 3.65. The van der Waals surface area contributed by atoms with Crippen LogP contribution in [0.4, 0.5) is 0 Å². The molecule has 1 aliphatic rings. The van der Waals surface area contributed by atoms with Gasteiger partial charge in [-0.25, -0.2) is 4.79 Å². The number of hydrogen-bond acceptors (Lipinski definition) is 5. The van der Waals surface area contributed by atoms with Crippen LogP contribution < -0.4 is 5.63 Å². The highest BCUT2D eigenvalue weighted by Gasteiger charge is 2.24. The Bertz CT molecular complexity index is 1590. The highest BCUT2D eigenvalue weighted by atomic mass is 32.2. The Morgan fingerprint density at radius 1 is 0.917 bits per heavy atom. The quantitative estimate of drug-likeness (QED) is 0.184. The van der Waals surface area contributed by atoms with Crippen molar-refractivity contribution in [3.05, 3.63) is 99.7 Å². The zero-order chi connectivity index (χ0) is 24.5. The van der Waals surface area contributed by atoms with Crippen LogP contribution in [0.5, 0.6) is 0 Å². The van der Waals surface area contributed by atoms with Gasteiger partial charge in [0.2, 0.25) is 0 Å². The average Bonchev–Trinajstić information content (AvgIpc) is 3.30. The molecule has 1 saturated carbocycles. The van der Waals surface area contributed by atoms with Gasteiger partial charge in [0.15, 0.2) is 5.16 Å². The third-order valence-corrected chi connectivity index (χ3v) is 8.24. The fourth-order valence-corrected chi connectivity index (χ4v) is 6.46. The normalized spacial score (nSPS) is 14.6. The predicted octanol–water partition coefficient (Wildman–Crippen LogP) is 7.23. The van der Waals surface area contributed by atoms with E-state index in [2.05, 4.69) is 58.2 Å². The molecule has 0 atom stereocenters. The van der Waals surface area contributed by atoms with Gasteiger partial charge in [0.1, 0.15) is 11.4 Å². The number of aromatic nitrogens is 3. The molecule has 0 radical (unpaired) electrons. The van der Waals surface area contributed by atoms with Crippen LogP contribution in [0.3, 0.4) is 0 Å². The smallest absolute Gasteiger partial charge is 0.336 e. The van der Waals surface area contributed by atoms with Gasteiger partial charge in [-0.05, 0) is 53.3 Å². The van der Waals surface area contributed by atoms with Crippen LogP contribution in [0.25, 0.3) is 21.7 Å². The van der Waals surface area contributed by atoms with Crippen LogP contribution in [-0.2, 0) is 12.2 Å². The van der Waals surface area contributed by atoms with Crippen LogP contribution in [0.15, 0.2) is 81.1 Å². The fourth-order valence-electron chi connectivity index (χ4n) is 5.45. The Balaban J connectivity index is 1.35. The van der Waals surface area contributed by atoms with Crippen LogP contribution in [-0.4, -0.2) is 14.8 Å². The van der Waals surface area contributed by atoms with E-state index < -0.39 is 0 Å². The number of hydrogen-bond donors (Lipinski definition) is 0. The molecule has 2 aromatic heterocycles. The Labute approximate surface area is 214 Å². The van der Waals surface area contributed by atoms with Gasteiger partial charge in [-0.3, -0.25) is 0 Å². The van der Waals surface area contributed by atoms with Crippen LogP contribution in [0.2, 0.25) is 0 Å². The SMILES string of the molecule is Cc1ccc2c(CSc3nnc(Cc4cccc5ccccc45)n3C3CCCCC3)cc(=O)oc2c1. The number of nitrogens with zero attached hydrogens (tertiary/aromatic N) is 3. The maximum absolute atomic E-state index is 12.2. The summed E-state index contributed by atoms with van der Waals surface area (Å²) in [6, 6.07) is 23.1. The molecule has 0 unspecified atom stereocenters. The van der Waals surface area contributed by atoms with E-state index in [1.54, 1.807) is 17.8 Å². The first-order valence-electron chi connectivity index (χ1n) is 12.7. The molecule has 1 aliphatic carbocycles. The van der Waals surface area contributed by atoms with Gasteiger partial charge in [-0.2, -0.15) is 0 Å². The van der Waals surface area contributed by atoms with E-state index >= 15 is 0 Å². The molecule has 5 nitrogen and oxygen atoms in total. The van der Waals surface area contributed by atoms with Gasteiger partial charge in [0, 0.05) is 29.7 Å². The lowest BCUT2D eigenvalue weighted by Crippen LogP contribution is -2.17. The zero-order valence-electron chi connectivity index (χ0n) is 20.4. The number of thioether (sulfide) groups is 1. The van der Waals surface area contributed by atoms with E-state index in [-0.39, 0.29) is 5.63 Å². The Morgan fingerprint density at radius 3 is 2.64 bits per heavy atom. The van der Waals surface area contributed by atoms with Gasteiger partial charge in [0.05, 0.1) is 0 Å². The molecule has 3 aromatic carbocycles. The number of benzene rings is 3. The lowest BCUT2D eigenvalue weighted by Gasteiger charge is -2.25. The molecular weight excluding hydrogens is 466 g/mol. The van der Waals surface area contributed by atoms with Crippen LogP contribution in [0, 0.1) is 6.92 Å². The monoisotopic (exact) mass is 495 g/mol. The maximum Gasteiger partial charge on any atom is 0.336 e. The van der Waals surface area contributed by atoms with Crippen molar-refractivity contribution in [3.63, 3.8) is 0 Å². The molecule has 0 spiro atoms. The Hall–Kier alpha value is -3.38. The van der Waals surface area contributed by atoms with Crippen molar-refractivity contribution < 1.29 is 4.42 Å². The van der Waals surface area contributed by atoms with E-state index in [1.807, 2.05) is 19.1 Å². The lowest BCUT2D eigenvalue weighted by molar-refractivity contribution is 0.330. The molecule has 0 N–H and O–H groups in total. The summed E-state index contributed by atoms with van der Waals surface area (Å²) in [6.07, 6.45) is 6.85. The zero-order valence-corrected chi connectivity index (χ0v) is 21.3. The summed E-state index contributed by atoms with van der Waals surface area (Å²) in [5.74, 6) is 1.67. The van der Waals surface area contributed by atoms with Crippen molar-refractivity contribution in [2.75, 3.05) is 0 Å². The van der Waals surface area contributed by atoms with E-state index in [1.165, 1.54) is 35.6 Å². The molecule has 182 valence electrons. The molecule has 0 saturated heterocycles. The van der Waals surface area contributed by atoms with Gasteiger partial charge >= 0.3 is 5.63 Å². The average molecular weight is 496 g/mol. The number of aryl methyl sites for hydroxylation is 1. The van der Waals surface area contributed by atoms with E-state index in [4.69, 9.17) is 9.52 Å². The second-order valence-corrected chi connectivity index (χ2v) is 10.7. The van der Waals surface area contributed by atoms with E-state index in [0.29, 0.717) is 17.4 Å². The summed E-state index contributed by atoms with van der Waals surface area (Å²) < 4.78 is 7.85. The Morgan fingerprint density at radius 2 is 1.75 bits per heavy atom. The molecule has 1 fully saturated rings. The second-order valence-electron chi connectivity index (χ2n) is 9.75. The van der Waals surface area contributed by atoms with Crippen molar-refractivity contribution in [2.24, 2.45) is 0 Å². The van der Waals surface area contributed by atoms with E-state index in [9.17, 15) is 4.79 Å². The van der Waals surface area contributed by atoms with Crippen molar-refractivity contribution in [1.82, 2.24) is 14.8 Å². The summed E-state index contributed by atoms with van der Waals surface area (Å²) in [5, 5.41) is 13.8. The highest BCUT2D eigenvalue weighted by Crippen LogP contribution is 2.35. The standard InChI is InChI=1S/C30H29N3O2S/c1-20-14-15-26-23(18-29(34)35-27(26)16-20)19-36-30-32-31-28(33(30)24-11-3-2-4-12-24)17-22-10-7-9-21-8-5-6-13-25(21)22/h5-10,13-16,18,24H,2-4,11-12,17,19H2,1H3. The number of rotatable bonds is 6. The topological polar surface area (TPSA) is 60.9 Å². The van der Waals surface area contributed by atoms with Crippen molar-refractivity contribution in [3.8, 4) is 0 Å². The van der Waals surface area contributed by atoms with Gasteiger partial charge in [-0.1, -0.05) is 85.6 Å². The molecule has 0 bridgehead atoms. The largest absolute Gasteiger partial charge is 0.423 e. The minimum absolute atomic E-state index is 0.311. The summed E-state index contributed by atoms with van der Waals surface area (Å²) in [6.45, 7) is 2.00. The first-order chi connectivity index (χ1) is 17.7. The third kappa shape index (κ3) is 4.58. The lowest BCUT2D eigenvalue weighted by atomic mass is 9.95. The third-order valence-electron chi connectivity index (χ3n) is 7.25. The predicted molar refractivity (Wildman–Crippen MR) is 146 cm³/mol. The number of fused-ring (bicyclic) bond motifs is 2. The molecular formula is C30H29N3O2S.